The molecule has 1 aromatic rings. The van der Waals surface area contributed by atoms with Gasteiger partial charge >= 0.3 is 5.97 Å². The highest BCUT2D eigenvalue weighted by Gasteiger charge is 2.20. The Morgan fingerprint density at radius 2 is 2.27 bits per heavy atom. The van der Waals surface area contributed by atoms with Gasteiger partial charge in [0.2, 0.25) is 5.88 Å². The minimum absolute atomic E-state index is 0.0652. The summed E-state index contributed by atoms with van der Waals surface area (Å²) >= 11 is 0. The predicted octanol–water partition coefficient (Wildman–Crippen LogP) is 1.35. The molecule has 0 aromatic carbocycles. The Morgan fingerprint density at radius 3 is 2.80 bits per heavy atom. The fraction of sp³-hybridized carbons (Fsp3) is 0.500. The van der Waals surface area contributed by atoms with Gasteiger partial charge in [0.05, 0.1) is 6.61 Å². The number of carbonyl (C=O) groups is 1. The van der Waals surface area contributed by atoms with Crippen LogP contribution in [0.4, 0.5) is 0 Å². The van der Waals surface area contributed by atoms with E-state index in [0.29, 0.717) is 12.5 Å². The maximum Gasteiger partial charge on any atom is 0.356 e. The van der Waals surface area contributed by atoms with Crippen LogP contribution in [0.3, 0.4) is 0 Å². The minimum atomic E-state index is -1.08. The number of ether oxygens (including phenoxy) is 1. The average Bonchev–Trinajstić information content (AvgIpc) is 3.02. The maximum absolute atomic E-state index is 10.5. The molecule has 0 radical (unpaired) electrons. The maximum atomic E-state index is 10.5. The third-order valence-electron chi connectivity index (χ3n) is 2.33. The molecule has 1 N–H and O–H groups in total. The number of aromatic nitrogens is 2. The monoisotopic (exact) mass is 208 g/mol. The van der Waals surface area contributed by atoms with Gasteiger partial charge in [0.15, 0.2) is 5.69 Å². The molecule has 1 aliphatic carbocycles. The molecule has 0 bridgehead atoms. The van der Waals surface area contributed by atoms with E-state index < -0.39 is 5.97 Å². The van der Waals surface area contributed by atoms with Crippen molar-refractivity contribution in [2.24, 2.45) is 5.92 Å². The van der Waals surface area contributed by atoms with Crippen LogP contribution in [0.2, 0.25) is 0 Å². The summed E-state index contributed by atoms with van der Waals surface area (Å²) < 4.78 is 5.33. The van der Waals surface area contributed by atoms with E-state index in [0.717, 1.165) is 12.3 Å². The number of hydrogen-bond donors (Lipinski definition) is 1. The smallest absolute Gasteiger partial charge is 0.356 e. The normalized spacial score (nSPS) is 14.9. The molecular weight excluding hydrogens is 196 g/mol. The first-order chi connectivity index (χ1) is 7.25. The SMILES string of the molecule is O=C(O)c1ccc(OCCC2CC2)nn1. The Bertz CT molecular complexity index is 346. The molecule has 1 aliphatic rings. The molecule has 5 heteroatoms. The van der Waals surface area contributed by atoms with Gasteiger partial charge in [-0.1, -0.05) is 12.8 Å². The Labute approximate surface area is 87.1 Å². The van der Waals surface area contributed by atoms with E-state index >= 15 is 0 Å². The second-order valence-corrected chi connectivity index (χ2v) is 3.64. The standard InChI is InChI=1S/C10H12N2O3/c13-10(14)8-3-4-9(12-11-8)15-6-5-7-1-2-7/h3-4,7H,1-2,5-6H2,(H,13,14). The van der Waals surface area contributed by atoms with Crippen LogP contribution >= 0.6 is 0 Å². The fourth-order valence-electron chi connectivity index (χ4n) is 1.25. The number of hydrogen-bond acceptors (Lipinski definition) is 4. The topological polar surface area (TPSA) is 72.3 Å². The fourth-order valence-corrected chi connectivity index (χ4v) is 1.25. The molecule has 0 atom stereocenters. The molecule has 2 rings (SSSR count). The second kappa shape index (κ2) is 4.25. The summed E-state index contributed by atoms with van der Waals surface area (Å²) in [6, 6.07) is 2.92. The number of nitrogens with zero attached hydrogens (tertiary/aromatic N) is 2. The van der Waals surface area contributed by atoms with Crippen LogP contribution in [0.5, 0.6) is 5.88 Å². The lowest BCUT2D eigenvalue weighted by Crippen LogP contribution is -2.05. The van der Waals surface area contributed by atoms with Crippen molar-refractivity contribution < 1.29 is 14.6 Å². The van der Waals surface area contributed by atoms with Gasteiger partial charge in [-0.2, -0.15) is 0 Å². The van der Waals surface area contributed by atoms with Crippen LogP contribution in [0.1, 0.15) is 29.8 Å². The number of carboxylic acid groups (broad SMARTS) is 1. The van der Waals surface area contributed by atoms with E-state index in [9.17, 15) is 4.79 Å². The summed E-state index contributed by atoms with van der Waals surface area (Å²) in [4.78, 5) is 10.5. The first-order valence-corrected chi connectivity index (χ1v) is 4.95. The van der Waals surface area contributed by atoms with Crippen molar-refractivity contribution >= 4 is 5.97 Å². The van der Waals surface area contributed by atoms with Gasteiger partial charge in [-0.05, 0) is 18.4 Å². The van der Waals surface area contributed by atoms with Crippen LogP contribution in [0, 0.1) is 5.92 Å². The quantitative estimate of drug-likeness (QED) is 0.790. The van der Waals surface area contributed by atoms with Gasteiger partial charge in [-0.3, -0.25) is 0 Å². The van der Waals surface area contributed by atoms with Crippen molar-refractivity contribution in [3.63, 3.8) is 0 Å². The summed E-state index contributed by atoms with van der Waals surface area (Å²) in [6.45, 7) is 0.631. The van der Waals surface area contributed by atoms with Crippen LogP contribution in [-0.4, -0.2) is 27.9 Å². The number of rotatable bonds is 5. The molecule has 0 amide bonds. The largest absolute Gasteiger partial charge is 0.477 e. The van der Waals surface area contributed by atoms with Crippen molar-refractivity contribution in [1.29, 1.82) is 0 Å². The molecule has 15 heavy (non-hydrogen) atoms. The molecule has 1 heterocycles. The van der Waals surface area contributed by atoms with Crippen LogP contribution in [0.15, 0.2) is 12.1 Å². The Hall–Kier alpha value is -1.65. The van der Waals surface area contributed by atoms with Crippen LogP contribution in [-0.2, 0) is 0 Å². The summed E-state index contributed by atoms with van der Waals surface area (Å²) in [6.07, 6.45) is 3.64. The molecule has 0 spiro atoms. The van der Waals surface area contributed by atoms with E-state index in [1.54, 1.807) is 0 Å². The van der Waals surface area contributed by atoms with Crippen LogP contribution < -0.4 is 4.74 Å². The van der Waals surface area contributed by atoms with Gasteiger partial charge < -0.3 is 9.84 Å². The first-order valence-electron chi connectivity index (χ1n) is 4.95. The molecule has 0 unspecified atom stereocenters. The summed E-state index contributed by atoms with van der Waals surface area (Å²) in [5.41, 5.74) is -0.0652. The lowest BCUT2D eigenvalue weighted by Gasteiger charge is -2.03. The van der Waals surface area contributed by atoms with E-state index in [-0.39, 0.29) is 5.69 Å². The van der Waals surface area contributed by atoms with Gasteiger partial charge in [0, 0.05) is 6.07 Å². The van der Waals surface area contributed by atoms with E-state index in [2.05, 4.69) is 10.2 Å². The molecule has 0 aliphatic heterocycles. The van der Waals surface area contributed by atoms with Crippen molar-refractivity contribution in [2.75, 3.05) is 6.61 Å². The average molecular weight is 208 g/mol. The lowest BCUT2D eigenvalue weighted by atomic mass is 10.3. The second-order valence-electron chi connectivity index (χ2n) is 3.64. The van der Waals surface area contributed by atoms with Gasteiger partial charge in [0.25, 0.3) is 0 Å². The summed E-state index contributed by atoms with van der Waals surface area (Å²) in [5, 5.41) is 15.8. The van der Waals surface area contributed by atoms with E-state index in [1.165, 1.54) is 25.0 Å². The highest BCUT2D eigenvalue weighted by Crippen LogP contribution is 2.32. The van der Waals surface area contributed by atoms with Crippen molar-refractivity contribution in [3.8, 4) is 5.88 Å². The summed E-state index contributed by atoms with van der Waals surface area (Å²) in [7, 11) is 0. The molecule has 1 aromatic heterocycles. The van der Waals surface area contributed by atoms with Gasteiger partial charge in [-0.25, -0.2) is 4.79 Å². The van der Waals surface area contributed by atoms with Crippen molar-refractivity contribution in [1.82, 2.24) is 10.2 Å². The highest BCUT2D eigenvalue weighted by atomic mass is 16.5. The molecular formula is C10H12N2O3. The van der Waals surface area contributed by atoms with Crippen molar-refractivity contribution in [3.05, 3.63) is 17.8 Å². The molecule has 1 saturated carbocycles. The van der Waals surface area contributed by atoms with Crippen LogP contribution in [0.25, 0.3) is 0 Å². The lowest BCUT2D eigenvalue weighted by molar-refractivity contribution is 0.0689. The highest BCUT2D eigenvalue weighted by molar-refractivity contribution is 5.84. The summed E-state index contributed by atoms with van der Waals surface area (Å²) in [5.74, 6) is 0.129. The first kappa shape index (κ1) is 9.89. The van der Waals surface area contributed by atoms with Crippen molar-refractivity contribution in [2.45, 2.75) is 19.3 Å². The number of carboxylic acids is 1. The third-order valence-corrected chi connectivity index (χ3v) is 2.33. The van der Waals surface area contributed by atoms with Gasteiger partial charge in [-0.15, -0.1) is 10.2 Å². The van der Waals surface area contributed by atoms with E-state index in [1.807, 2.05) is 0 Å². The predicted molar refractivity (Wildman–Crippen MR) is 51.8 cm³/mol. The zero-order valence-electron chi connectivity index (χ0n) is 8.22. The Balaban J connectivity index is 1.83. The van der Waals surface area contributed by atoms with E-state index in [4.69, 9.17) is 9.84 Å². The Kier molecular flexibility index (Phi) is 2.80. The molecule has 80 valence electrons. The molecule has 1 fully saturated rings. The van der Waals surface area contributed by atoms with Gasteiger partial charge in [0.1, 0.15) is 0 Å². The zero-order chi connectivity index (χ0) is 10.7. The molecule has 5 nitrogen and oxygen atoms in total. The third kappa shape index (κ3) is 2.90. The minimum Gasteiger partial charge on any atom is -0.477 e. The Morgan fingerprint density at radius 1 is 1.47 bits per heavy atom. The molecule has 0 saturated heterocycles. The zero-order valence-corrected chi connectivity index (χ0v) is 8.22. The number of aromatic carboxylic acids is 1.